The molecule has 0 spiro atoms. The topological polar surface area (TPSA) is 48.4 Å². The Bertz CT molecular complexity index is 465. The summed E-state index contributed by atoms with van der Waals surface area (Å²) in [6, 6.07) is 12.0. The molecule has 0 radical (unpaired) electrons. The average Bonchev–Trinajstić information content (AvgIpc) is 2.93. The molecule has 2 rings (SSSR count). The summed E-state index contributed by atoms with van der Waals surface area (Å²) in [7, 11) is 1.69. The van der Waals surface area contributed by atoms with E-state index in [1.807, 2.05) is 30.3 Å². The number of rotatable bonds is 6. The quantitative estimate of drug-likeness (QED) is 0.851. The van der Waals surface area contributed by atoms with Crippen molar-refractivity contribution in [2.75, 3.05) is 13.7 Å². The lowest BCUT2D eigenvalue weighted by Gasteiger charge is -2.17. The van der Waals surface area contributed by atoms with Gasteiger partial charge in [0.15, 0.2) is 0 Å². The van der Waals surface area contributed by atoms with Crippen molar-refractivity contribution in [3.05, 3.63) is 54.0 Å². The second-order valence-corrected chi connectivity index (χ2v) is 4.29. The van der Waals surface area contributed by atoms with Gasteiger partial charge in [-0.2, -0.15) is 0 Å². The monoisotopic (exact) mass is 245 g/mol. The number of nitrogens with two attached hydrogens (primary N) is 1. The predicted molar refractivity (Wildman–Crippen MR) is 71.8 cm³/mol. The zero-order valence-electron chi connectivity index (χ0n) is 10.6. The van der Waals surface area contributed by atoms with Gasteiger partial charge >= 0.3 is 0 Å². The standard InChI is InChI=1S/C15H19NO2/c1-17-15-7-3-2-6-14(15)12(11-16)8-9-13-5-4-10-18-13/h2-7,10,12H,8-9,11,16H2,1H3. The second kappa shape index (κ2) is 6.26. The van der Waals surface area contributed by atoms with Gasteiger partial charge in [-0.15, -0.1) is 0 Å². The van der Waals surface area contributed by atoms with E-state index >= 15 is 0 Å². The molecule has 0 saturated carbocycles. The number of ether oxygens (including phenoxy) is 1. The van der Waals surface area contributed by atoms with Crippen molar-refractivity contribution in [1.82, 2.24) is 0 Å². The van der Waals surface area contributed by atoms with Gasteiger partial charge in [0.1, 0.15) is 11.5 Å². The fraction of sp³-hybridized carbons (Fsp3) is 0.333. The molecule has 18 heavy (non-hydrogen) atoms. The van der Waals surface area contributed by atoms with Crippen LogP contribution in [0.15, 0.2) is 47.1 Å². The van der Waals surface area contributed by atoms with Crippen molar-refractivity contribution in [3.63, 3.8) is 0 Å². The maximum Gasteiger partial charge on any atom is 0.122 e. The zero-order valence-corrected chi connectivity index (χ0v) is 10.6. The largest absolute Gasteiger partial charge is 0.496 e. The van der Waals surface area contributed by atoms with Gasteiger partial charge in [-0.1, -0.05) is 18.2 Å². The van der Waals surface area contributed by atoms with Crippen LogP contribution in [0.3, 0.4) is 0 Å². The van der Waals surface area contributed by atoms with E-state index in [2.05, 4.69) is 6.07 Å². The Morgan fingerprint density at radius 3 is 2.72 bits per heavy atom. The summed E-state index contributed by atoms with van der Waals surface area (Å²) in [5, 5.41) is 0. The highest BCUT2D eigenvalue weighted by Gasteiger charge is 2.14. The van der Waals surface area contributed by atoms with E-state index < -0.39 is 0 Å². The summed E-state index contributed by atoms with van der Waals surface area (Å²) in [5.41, 5.74) is 7.06. The van der Waals surface area contributed by atoms with E-state index in [-0.39, 0.29) is 0 Å². The molecule has 1 heterocycles. The Labute approximate surface area is 108 Å². The summed E-state index contributed by atoms with van der Waals surface area (Å²) < 4.78 is 10.7. The van der Waals surface area contributed by atoms with Crippen molar-refractivity contribution >= 4 is 0 Å². The Morgan fingerprint density at radius 1 is 1.22 bits per heavy atom. The first-order valence-corrected chi connectivity index (χ1v) is 6.20. The minimum atomic E-state index is 0.297. The van der Waals surface area contributed by atoms with Crippen molar-refractivity contribution in [3.8, 4) is 5.75 Å². The second-order valence-electron chi connectivity index (χ2n) is 4.29. The van der Waals surface area contributed by atoms with Crippen LogP contribution in [-0.2, 0) is 6.42 Å². The summed E-state index contributed by atoms with van der Waals surface area (Å²) in [5.74, 6) is 2.21. The summed E-state index contributed by atoms with van der Waals surface area (Å²) >= 11 is 0. The lowest BCUT2D eigenvalue weighted by molar-refractivity contribution is 0.402. The van der Waals surface area contributed by atoms with Crippen LogP contribution in [0.4, 0.5) is 0 Å². The molecule has 3 heteroatoms. The zero-order chi connectivity index (χ0) is 12.8. The number of hydrogen-bond donors (Lipinski definition) is 1. The Kier molecular flexibility index (Phi) is 4.42. The van der Waals surface area contributed by atoms with Gasteiger partial charge in [-0.3, -0.25) is 0 Å². The number of aryl methyl sites for hydroxylation is 1. The molecule has 3 nitrogen and oxygen atoms in total. The van der Waals surface area contributed by atoms with Gasteiger partial charge in [0, 0.05) is 12.3 Å². The molecular weight excluding hydrogens is 226 g/mol. The van der Waals surface area contributed by atoms with Gasteiger partial charge in [0.2, 0.25) is 0 Å². The van der Waals surface area contributed by atoms with Crippen LogP contribution in [0.5, 0.6) is 5.75 Å². The van der Waals surface area contributed by atoms with Gasteiger partial charge in [-0.25, -0.2) is 0 Å². The fourth-order valence-electron chi connectivity index (χ4n) is 2.18. The minimum Gasteiger partial charge on any atom is -0.496 e. The molecule has 0 aliphatic heterocycles. The van der Waals surface area contributed by atoms with Crippen molar-refractivity contribution in [1.29, 1.82) is 0 Å². The minimum absolute atomic E-state index is 0.297. The third-order valence-corrected chi connectivity index (χ3v) is 3.18. The molecule has 2 aromatic rings. The number of para-hydroxylation sites is 1. The van der Waals surface area contributed by atoms with E-state index in [9.17, 15) is 0 Å². The molecule has 0 aliphatic rings. The maximum absolute atomic E-state index is 5.88. The highest BCUT2D eigenvalue weighted by Crippen LogP contribution is 2.29. The van der Waals surface area contributed by atoms with Crippen LogP contribution < -0.4 is 10.5 Å². The van der Waals surface area contributed by atoms with Gasteiger partial charge in [-0.05, 0) is 36.7 Å². The number of methoxy groups -OCH3 is 1. The Morgan fingerprint density at radius 2 is 2.06 bits per heavy atom. The number of furan rings is 1. The van der Waals surface area contributed by atoms with E-state index in [0.29, 0.717) is 12.5 Å². The summed E-state index contributed by atoms with van der Waals surface area (Å²) in [4.78, 5) is 0. The molecule has 1 unspecified atom stereocenters. The first-order valence-electron chi connectivity index (χ1n) is 6.20. The van der Waals surface area contributed by atoms with Crippen LogP contribution in [0, 0.1) is 0 Å². The summed E-state index contributed by atoms with van der Waals surface area (Å²) in [6.45, 7) is 0.612. The first-order chi connectivity index (χ1) is 8.85. The van der Waals surface area contributed by atoms with Gasteiger partial charge < -0.3 is 14.9 Å². The van der Waals surface area contributed by atoms with Crippen LogP contribution in [0.2, 0.25) is 0 Å². The fourth-order valence-corrected chi connectivity index (χ4v) is 2.18. The van der Waals surface area contributed by atoms with Gasteiger partial charge in [0.05, 0.1) is 13.4 Å². The maximum atomic E-state index is 5.88. The van der Waals surface area contributed by atoms with Gasteiger partial charge in [0.25, 0.3) is 0 Å². The lowest BCUT2D eigenvalue weighted by Crippen LogP contribution is -2.14. The van der Waals surface area contributed by atoms with E-state index in [4.69, 9.17) is 14.9 Å². The average molecular weight is 245 g/mol. The normalized spacial score (nSPS) is 12.3. The number of benzene rings is 1. The molecule has 0 amide bonds. The highest BCUT2D eigenvalue weighted by molar-refractivity contribution is 5.36. The third-order valence-electron chi connectivity index (χ3n) is 3.18. The molecule has 1 atom stereocenters. The molecule has 0 bridgehead atoms. The SMILES string of the molecule is COc1ccccc1C(CN)CCc1ccco1. The predicted octanol–water partition coefficient (Wildman–Crippen LogP) is 2.96. The number of hydrogen-bond acceptors (Lipinski definition) is 3. The molecule has 1 aromatic carbocycles. The molecular formula is C15H19NO2. The van der Waals surface area contributed by atoms with E-state index in [1.54, 1.807) is 13.4 Å². The molecule has 96 valence electrons. The van der Waals surface area contributed by atoms with E-state index in [1.165, 1.54) is 5.56 Å². The molecule has 2 N–H and O–H groups in total. The molecule has 0 fully saturated rings. The molecule has 0 aliphatic carbocycles. The Balaban J connectivity index is 2.08. The van der Waals surface area contributed by atoms with Crippen LogP contribution >= 0.6 is 0 Å². The highest BCUT2D eigenvalue weighted by atomic mass is 16.5. The van der Waals surface area contributed by atoms with Crippen LogP contribution in [-0.4, -0.2) is 13.7 Å². The van der Waals surface area contributed by atoms with Crippen molar-refractivity contribution in [2.24, 2.45) is 5.73 Å². The van der Waals surface area contributed by atoms with E-state index in [0.717, 1.165) is 24.4 Å². The van der Waals surface area contributed by atoms with Crippen molar-refractivity contribution in [2.45, 2.75) is 18.8 Å². The Hall–Kier alpha value is -1.74. The van der Waals surface area contributed by atoms with Crippen LogP contribution in [0.1, 0.15) is 23.7 Å². The lowest BCUT2D eigenvalue weighted by atomic mass is 9.93. The van der Waals surface area contributed by atoms with Crippen LogP contribution in [0.25, 0.3) is 0 Å². The summed E-state index contributed by atoms with van der Waals surface area (Å²) in [6.07, 6.45) is 3.56. The molecule has 0 saturated heterocycles. The first kappa shape index (κ1) is 12.7. The van der Waals surface area contributed by atoms with Crippen molar-refractivity contribution < 1.29 is 9.15 Å². The molecule has 1 aromatic heterocycles. The third kappa shape index (κ3) is 2.93. The smallest absolute Gasteiger partial charge is 0.122 e.